The van der Waals surface area contributed by atoms with E-state index in [0.717, 1.165) is 4.90 Å². The molecule has 0 heterocycles. The summed E-state index contributed by atoms with van der Waals surface area (Å²) in [6, 6.07) is 5.28. The van der Waals surface area contributed by atoms with Gasteiger partial charge in [-0.25, -0.2) is 4.79 Å². The summed E-state index contributed by atoms with van der Waals surface area (Å²) in [5, 5.41) is 10.5. The maximum atomic E-state index is 11.6. The molecule has 0 spiro atoms. The molecule has 1 rings (SSSR count). The lowest BCUT2D eigenvalue weighted by atomic mass is 10.2. The van der Waals surface area contributed by atoms with Crippen molar-refractivity contribution in [3.05, 3.63) is 34.4 Å². The predicted octanol–water partition coefficient (Wildman–Crippen LogP) is 1.12. The number of nitrogens with zero attached hydrogens (tertiary/aromatic N) is 2. The summed E-state index contributed by atoms with van der Waals surface area (Å²) >= 11 is 0. The van der Waals surface area contributed by atoms with Gasteiger partial charge in [0.15, 0.2) is 0 Å². The number of carbonyl (C=O) groups is 2. The van der Waals surface area contributed by atoms with Gasteiger partial charge in [-0.2, -0.15) is 0 Å². The normalized spacial score (nSPS) is 9.67. The molecule has 0 radical (unpaired) electrons. The van der Waals surface area contributed by atoms with Crippen LogP contribution in [0, 0.1) is 10.1 Å². The summed E-state index contributed by atoms with van der Waals surface area (Å²) in [7, 11) is 1.39. The molecule has 0 aromatic heterocycles. The molecule has 1 amide bonds. The third-order valence-electron chi connectivity index (χ3n) is 2.20. The molecule has 0 aliphatic rings. The summed E-state index contributed by atoms with van der Waals surface area (Å²) in [5.74, 6) is -1.79. The molecule has 1 aromatic rings. The van der Waals surface area contributed by atoms with Crippen LogP contribution in [0.5, 0.6) is 0 Å². The number of non-ortho nitro benzene ring substituents is 1. The van der Waals surface area contributed by atoms with Crippen molar-refractivity contribution >= 4 is 23.3 Å². The Morgan fingerprint density at radius 2 is 1.89 bits per heavy atom. The largest absolute Gasteiger partial charge is 0.459 e. The number of amides is 1. The van der Waals surface area contributed by atoms with Crippen LogP contribution in [-0.2, 0) is 14.3 Å². The Balaban J connectivity index is 2.84. The molecule has 0 fully saturated rings. The van der Waals surface area contributed by atoms with E-state index in [9.17, 15) is 19.7 Å². The number of nitro benzene ring substituents is 1. The minimum absolute atomic E-state index is 0.0873. The van der Waals surface area contributed by atoms with E-state index in [1.165, 1.54) is 31.3 Å². The summed E-state index contributed by atoms with van der Waals surface area (Å²) in [6.07, 6.45) is 0. The van der Waals surface area contributed by atoms with E-state index in [0.29, 0.717) is 5.69 Å². The summed E-state index contributed by atoms with van der Waals surface area (Å²) in [5.41, 5.74) is 0.286. The van der Waals surface area contributed by atoms with Gasteiger partial charge in [0.1, 0.15) is 0 Å². The van der Waals surface area contributed by atoms with Gasteiger partial charge in [0, 0.05) is 24.9 Å². The number of rotatable bonds is 3. The van der Waals surface area contributed by atoms with E-state index in [1.807, 2.05) is 0 Å². The minimum atomic E-state index is -0.960. The van der Waals surface area contributed by atoms with Gasteiger partial charge in [-0.3, -0.25) is 14.9 Å². The van der Waals surface area contributed by atoms with Crippen LogP contribution in [-0.4, -0.2) is 30.5 Å². The maximum Gasteiger partial charge on any atom is 0.397 e. The quantitative estimate of drug-likeness (QED) is 0.348. The van der Waals surface area contributed by atoms with Gasteiger partial charge in [0.05, 0.1) is 11.5 Å². The third kappa shape index (κ3) is 3.03. The number of anilines is 1. The van der Waals surface area contributed by atoms with Crippen LogP contribution in [0.15, 0.2) is 24.3 Å². The first kappa shape index (κ1) is 13.6. The zero-order valence-corrected chi connectivity index (χ0v) is 9.95. The molecule has 0 bridgehead atoms. The molecule has 0 saturated heterocycles. The lowest BCUT2D eigenvalue weighted by Gasteiger charge is -2.15. The fourth-order valence-electron chi connectivity index (χ4n) is 1.24. The number of benzene rings is 1. The first-order valence-electron chi connectivity index (χ1n) is 5.16. The zero-order chi connectivity index (χ0) is 13.7. The van der Waals surface area contributed by atoms with Crippen LogP contribution in [0.1, 0.15) is 6.92 Å². The molecule has 0 aliphatic heterocycles. The van der Waals surface area contributed by atoms with Crippen molar-refractivity contribution < 1.29 is 19.2 Å². The molecule has 18 heavy (non-hydrogen) atoms. The van der Waals surface area contributed by atoms with Gasteiger partial charge in [-0.15, -0.1) is 0 Å². The molecule has 7 heteroatoms. The highest BCUT2D eigenvalue weighted by Gasteiger charge is 2.21. The molecule has 0 unspecified atom stereocenters. The molecule has 0 N–H and O–H groups in total. The van der Waals surface area contributed by atoms with Crippen molar-refractivity contribution in [3.8, 4) is 0 Å². The van der Waals surface area contributed by atoms with E-state index < -0.39 is 16.8 Å². The summed E-state index contributed by atoms with van der Waals surface area (Å²) in [6.45, 7) is 1.70. The van der Waals surface area contributed by atoms with Crippen LogP contribution in [0.3, 0.4) is 0 Å². The number of nitro groups is 1. The fourth-order valence-corrected chi connectivity index (χ4v) is 1.24. The van der Waals surface area contributed by atoms with Crippen molar-refractivity contribution in [2.75, 3.05) is 18.6 Å². The molecule has 1 aromatic carbocycles. The molecule has 96 valence electrons. The standard InChI is InChI=1S/C11H12N2O5/c1-3-18-11(15)10(14)12(2)8-4-6-9(7-5-8)13(16)17/h4-7H,3H2,1-2H3. The number of carbonyl (C=O) groups excluding carboxylic acids is 2. The van der Waals surface area contributed by atoms with Gasteiger partial charge in [0.25, 0.3) is 5.69 Å². The monoisotopic (exact) mass is 252 g/mol. The smallest absolute Gasteiger partial charge is 0.397 e. The van der Waals surface area contributed by atoms with Gasteiger partial charge in [0.2, 0.25) is 0 Å². The van der Waals surface area contributed by atoms with Crippen molar-refractivity contribution in [1.82, 2.24) is 0 Å². The summed E-state index contributed by atoms with van der Waals surface area (Å²) in [4.78, 5) is 33.8. The molecule has 7 nitrogen and oxygen atoms in total. The van der Waals surface area contributed by atoms with Crippen LogP contribution in [0.2, 0.25) is 0 Å². The van der Waals surface area contributed by atoms with Gasteiger partial charge < -0.3 is 9.64 Å². The second kappa shape index (κ2) is 5.76. The minimum Gasteiger partial charge on any atom is -0.459 e. The Hall–Kier alpha value is -2.44. The second-order valence-corrected chi connectivity index (χ2v) is 3.36. The van der Waals surface area contributed by atoms with Crippen molar-refractivity contribution in [1.29, 1.82) is 0 Å². The van der Waals surface area contributed by atoms with E-state index >= 15 is 0 Å². The highest BCUT2D eigenvalue weighted by Crippen LogP contribution is 2.18. The Labute approximate surface area is 103 Å². The molecule has 0 atom stereocenters. The SMILES string of the molecule is CCOC(=O)C(=O)N(C)c1ccc([N+](=O)[O-])cc1. The van der Waals surface area contributed by atoms with Crippen LogP contribution < -0.4 is 4.90 Å². The van der Waals surface area contributed by atoms with Crippen molar-refractivity contribution in [2.45, 2.75) is 6.92 Å². The van der Waals surface area contributed by atoms with E-state index in [1.54, 1.807) is 6.92 Å². The van der Waals surface area contributed by atoms with Gasteiger partial charge >= 0.3 is 11.9 Å². The number of hydrogen-bond donors (Lipinski definition) is 0. The van der Waals surface area contributed by atoms with E-state index in [2.05, 4.69) is 4.74 Å². The Bertz CT molecular complexity index is 469. The van der Waals surface area contributed by atoms with E-state index in [4.69, 9.17) is 0 Å². The number of esters is 1. The van der Waals surface area contributed by atoms with Crippen LogP contribution >= 0.6 is 0 Å². The maximum absolute atomic E-state index is 11.6. The first-order chi connectivity index (χ1) is 8.47. The first-order valence-corrected chi connectivity index (χ1v) is 5.16. The average Bonchev–Trinajstić information content (AvgIpc) is 2.37. The predicted molar refractivity (Wildman–Crippen MR) is 63.1 cm³/mol. The lowest BCUT2D eigenvalue weighted by molar-refractivity contribution is -0.384. The number of ether oxygens (including phenoxy) is 1. The fraction of sp³-hybridized carbons (Fsp3) is 0.273. The van der Waals surface area contributed by atoms with Crippen LogP contribution in [0.4, 0.5) is 11.4 Å². The van der Waals surface area contributed by atoms with Gasteiger partial charge in [-0.05, 0) is 19.1 Å². The topological polar surface area (TPSA) is 89.8 Å². The molecular formula is C11H12N2O5. The zero-order valence-electron chi connectivity index (χ0n) is 9.95. The molecular weight excluding hydrogens is 240 g/mol. The van der Waals surface area contributed by atoms with Crippen molar-refractivity contribution in [3.63, 3.8) is 0 Å². The van der Waals surface area contributed by atoms with Crippen LogP contribution in [0.25, 0.3) is 0 Å². The number of likely N-dealkylation sites (N-methyl/N-ethyl adjacent to an activating group) is 1. The van der Waals surface area contributed by atoms with Crippen molar-refractivity contribution in [2.24, 2.45) is 0 Å². The van der Waals surface area contributed by atoms with E-state index in [-0.39, 0.29) is 12.3 Å². The Morgan fingerprint density at radius 1 is 1.33 bits per heavy atom. The highest BCUT2D eigenvalue weighted by atomic mass is 16.6. The Morgan fingerprint density at radius 3 is 2.33 bits per heavy atom. The highest BCUT2D eigenvalue weighted by molar-refractivity contribution is 6.37. The lowest BCUT2D eigenvalue weighted by Crippen LogP contribution is -2.34. The Kier molecular flexibility index (Phi) is 4.36. The van der Waals surface area contributed by atoms with Gasteiger partial charge in [-0.1, -0.05) is 0 Å². The molecule has 0 aliphatic carbocycles. The molecule has 0 saturated carbocycles. The summed E-state index contributed by atoms with van der Waals surface area (Å²) < 4.78 is 4.57. The number of hydrogen-bond acceptors (Lipinski definition) is 5. The third-order valence-corrected chi connectivity index (χ3v) is 2.20. The second-order valence-electron chi connectivity index (χ2n) is 3.36. The average molecular weight is 252 g/mol.